The fourth-order valence-electron chi connectivity index (χ4n) is 1.97. The molecule has 0 amide bonds. The molecule has 1 fully saturated rings. The van der Waals surface area contributed by atoms with Gasteiger partial charge in [0.25, 0.3) is 0 Å². The highest BCUT2D eigenvalue weighted by molar-refractivity contribution is 7.84. The highest BCUT2D eigenvalue weighted by Crippen LogP contribution is 2.22. The van der Waals surface area contributed by atoms with Gasteiger partial charge in [0.15, 0.2) is 0 Å². The molecule has 5 heteroatoms. The Bertz CT molecular complexity index is 402. The van der Waals surface area contributed by atoms with Gasteiger partial charge in [-0.25, -0.2) is 9.97 Å². The number of aromatic nitrogens is 2. The minimum Gasteiger partial charge on any atom is -0.367 e. The van der Waals surface area contributed by atoms with Crippen molar-refractivity contribution in [2.75, 3.05) is 11.6 Å². The van der Waals surface area contributed by atoms with Crippen molar-refractivity contribution < 1.29 is 4.21 Å². The van der Waals surface area contributed by atoms with Crippen molar-refractivity contribution in [3.63, 3.8) is 0 Å². The minimum atomic E-state index is -1.11. The monoisotopic (exact) mass is 239 g/mol. The molecule has 4 nitrogen and oxygen atoms in total. The second-order valence-electron chi connectivity index (χ2n) is 4.26. The summed E-state index contributed by atoms with van der Waals surface area (Å²) in [6.07, 6.45) is 8.32. The third-order valence-electron chi connectivity index (χ3n) is 2.90. The van der Waals surface area contributed by atoms with Gasteiger partial charge in [-0.1, -0.05) is 12.8 Å². The Morgan fingerprint density at radius 2 is 2.12 bits per heavy atom. The van der Waals surface area contributed by atoms with E-state index in [-0.39, 0.29) is 0 Å². The van der Waals surface area contributed by atoms with E-state index < -0.39 is 10.8 Å². The van der Waals surface area contributed by atoms with Gasteiger partial charge in [0, 0.05) is 24.1 Å². The summed E-state index contributed by atoms with van der Waals surface area (Å²) in [6, 6.07) is 0.520. The van der Waals surface area contributed by atoms with E-state index in [0.717, 1.165) is 11.4 Å². The van der Waals surface area contributed by atoms with Crippen LogP contribution < -0.4 is 5.32 Å². The molecule has 1 atom stereocenters. The fraction of sp³-hybridized carbons (Fsp3) is 0.636. The molecule has 1 aromatic rings. The Kier molecular flexibility index (Phi) is 3.53. The van der Waals surface area contributed by atoms with Gasteiger partial charge in [0.2, 0.25) is 5.16 Å². The topological polar surface area (TPSA) is 54.9 Å². The standard InChI is InChI=1S/C11H17N3OS/c1-8-7-12-11(16(2)15)14-10(8)13-9-5-3-4-6-9/h7,9H,3-6H2,1-2H3,(H,12,13,14). The Hall–Kier alpha value is -0.970. The first-order valence-electron chi connectivity index (χ1n) is 5.60. The lowest BCUT2D eigenvalue weighted by Crippen LogP contribution is -2.17. The molecule has 0 spiro atoms. The molecule has 1 aliphatic carbocycles. The van der Waals surface area contributed by atoms with Gasteiger partial charge in [0.1, 0.15) is 5.82 Å². The van der Waals surface area contributed by atoms with Crippen LogP contribution >= 0.6 is 0 Å². The van der Waals surface area contributed by atoms with Crippen molar-refractivity contribution in [1.29, 1.82) is 0 Å². The van der Waals surface area contributed by atoms with E-state index in [1.165, 1.54) is 25.7 Å². The van der Waals surface area contributed by atoms with E-state index in [1.54, 1.807) is 12.5 Å². The molecule has 88 valence electrons. The zero-order valence-corrected chi connectivity index (χ0v) is 10.5. The summed E-state index contributed by atoms with van der Waals surface area (Å²) >= 11 is 0. The van der Waals surface area contributed by atoms with Crippen molar-refractivity contribution in [2.45, 2.75) is 43.8 Å². The molecular weight excluding hydrogens is 222 g/mol. The largest absolute Gasteiger partial charge is 0.367 e. The molecule has 0 aliphatic heterocycles. The highest BCUT2D eigenvalue weighted by atomic mass is 32.2. The average Bonchev–Trinajstić information content (AvgIpc) is 2.73. The van der Waals surface area contributed by atoms with Crippen molar-refractivity contribution in [1.82, 2.24) is 9.97 Å². The third kappa shape index (κ3) is 2.58. The quantitative estimate of drug-likeness (QED) is 0.818. The summed E-state index contributed by atoms with van der Waals surface area (Å²) in [5, 5.41) is 3.83. The van der Waals surface area contributed by atoms with Crippen molar-refractivity contribution in [3.05, 3.63) is 11.8 Å². The average molecular weight is 239 g/mol. The van der Waals surface area contributed by atoms with Crippen LogP contribution in [0.3, 0.4) is 0 Å². The molecule has 1 saturated carbocycles. The molecule has 1 N–H and O–H groups in total. The van der Waals surface area contributed by atoms with Crippen LogP contribution in [0.5, 0.6) is 0 Å². The van der Waals surface area contributed by atoms with Gasteiger partial charge in [-0.05, 0) is 19.8 Å². The van der Waals surface area contributed by atoms with Gasteiger partial charge < -0.3 is 5.32 Å². The molecule has 1 aliphatic rings. The third-order valence-corrected chi connectivity index (χ3v) is 3.61. The van der Waals surface area contributed by atoms with E-state index in [0.29, 0.717) is 11.2 Å². The maximum Gasteiger partial charge on any atom is 0.220 e. The van der Waals surface area contributed by atoms with Crippen LogP contribution in [0.25, 0.3) is 0 Å². The second-order valence-corrected chi connectivity index (χ2v) is 5.54. The lowest BCUT2D eigenvalue weighted by Gasteiger charge is -2.14. The SMILES string of the molecule is Cc1cnc(S(C)=O)nc1NC1CCCC1. The molecule has 1 heterocycles. The Labute approximate surface area is 98.3 Å². The molecule has 0 aromatic carbocycles. The predicted molar refractivity (Wildman–Crippen MR) is 65.0 cm³/mol. The molecular formula is C11H17N3OS. The number of nitrogens with zero attached hydrogens (tertiary/aromatic N) is 2. The van der Waals surface area contributed by atoms with Gasteiger partial charge in [-0.15, -0.1) is 0 Å². The van der Waals surface area contributed by atoms with Gasteiger partial charge in [-0.3, -0.25) is 4.21 Å². The number of anilines is 1. The molecule has 2 rings (SSSR count). The van der Waals surface area contributed by atoms with Gasteiger partial charge >= 0.3 is 0 Å². The van der Waals surface area contributed by atoms with Crippen molar-refractivity contribution >= 4 is 16.6 Å². The van der Waals surface area contributed by atoms with Crippen LogP contribution in [-0.4, -0.2) is 26.5 Å². The predicted octanol–water partition coefficient (Wildman–Crippen LogP) is 1.88. The Morgan fingerprint density at radius 1 is 1.44 bits per heavy atom. The normalized spacial score (nSPS) is 18.6. The molecule has 16 heavy (non-hydrogen) atoms. The lowest BCUT2D eigenvalue weighted by molar-refractivity contribution is 0.678. The summed E-state index contributed by atoms with van der Waals surface area (Å²) in [5.74, 6) is 0.840. The first-order chi connectivity index (χ1) is 7.66. The first-order valence-corrected chi connectivity index (χ1v) is 7.16. The maximum atomic E-state index is 11.3. The number of hydrogen-bond acceptors (Lipinski definition) is 4. The van der Waals surface area contributed by atoms with Crippen LogP contribution in [0, 0.1) is 6.92 Å². The molecule has 0 radical (unpaired) electrons. The zero-order chi connectivity index (χ0) is 11.5. The summed E-state index contributed by atoms with van der Waals surface area (Å²) in [6.45, 7) is 1.97. The van der Waals surface area contributed by atoms with E-state index in [1.807, 2.05) is 6.92 Å². The van der Waals surface area contributed by atoms with Crippen molar-refractivity contribution in [3.8, 4) is 0 Å². The van der Waals surface area contributed by atoms with E-state index in [4.69, 9.17) is 0 Å². The van der Waals surface area contributed by atoms with Crippen LogP contribution in [0.2, 0.25) is 0 Å². The Morgan fingerprint density at radius 3 is 2.75 bits per heavy atom. The Balaban J connectivity index is 2.17. The molecule has 1 aromatic heterocycles. The summed E-state index contributed by atoms with van der Waals surface area (Å²) in [5.41, 5.74) is 1.01. The van der Waals surface area contributed by atoms with Crippen molar-refractivity contribution in [2.24, 2.45) is 0 Å². The van der Waals surface area contributed by atoms with Crippen LogP contribution in [0.1, 0.15) is 31.2 Å². The van der Waals surface area contributed by atoms with Crippen LogP contribution in [0.15, 0.2) is 11.4 Å². The summed E-state index contributed by atoms with van der Waals surface area (Å²) in [4.78, 5) is 8.37. The van der Waals surface area contributed by atoms with E-state index in [2.05, 4.69) is 15.3 Å². The van der Waals surface area contributed by atoms with Gasteiger partial charge in [0.05, 0.1) is 10.8 Å². The first kappa shape index (κ1) is 11.5. The molecule has 0 saturated heterocycles. The van der Waals surface area contributed by atoms with E-state index >= 15 is 0 Å². The minimum absolute atomic E-state index is 0.408. The smallest absolute Gasteiger partial charge is 0.220 e. The number of nitrogens with one attached hydrogen (secondary N) is 1. The van der Waals surface area contributed by atoms with Crippen LogP contribution in [-0.2, 0) is 10.8 Å². The molecule has 1 unspecified atom stereocenters. The fourth-order valence-corrected chi connectivity index (χ4v) is 2.39. The number of aryl methyl sites for hydroxylation is 1. The lowest BCUT2D eigenvalue weighted by atomic mass is 10.2. The van der Waals surface area contributed by atoms with Crippen LogP contribution in [0.4, 0.5) is 5.82 Å². The highest BCUT2D eigenvalue weighted by Gasteiger charge is 2.16. The van der Waals surface area contributed by atoms with E-state index in [9.17, 15) is 4.21 Å². The number of rotatable bonds is 3. The summed E-state index contributed by atoms with van der Waals surface area (Å²) < 4.78 is 11.3. The zero-order valence-electron chi connectivity index (χ0n) is 9.69. The number of hydrogen-bond donors (Lipinski definition) is 1. The molecule has 0 bridgehead atoms. The van der Waals surface area contributed by atoms with Gasteiger partial charge in [-0.2, -0.15) is 0 Å². The summed E-state index contributed by atoms with van der Waals surface area (Å²) in [7, 11) is -1.11. The second kappa shape index (κ2) is 4.91. The maximum absolute atomic E-state index is 11.3.